The van der Waals surface area contributed by atoms with Crippen molar-refractivity contribution in [1.29, 1.82) is 0 Å². The molecule has 2 nitrogen and oxygen atoms in total. The molecule has 88 valence electrons. The minimum absolute atomic E-state index is 0.368. The van der Waals surface area contributed by atoms with Gasteiger partial charge in [-0.1, -0.05) is 25.7 Å². The average Bonchev–Trinajstić information content (AvgIpc) is 2.65. The molecule has 15 heavy (non-hydrogen) atoms. The normalized spacial score (nSPS) is 24.6. The van der Waals surface area contributed by atoms with E-state index in [9.17, 15) is 0 Å². The van der Waals surface area contributed by atoms with Crippen LogP contribution in [0.15, 0.2) is 0 Å². The molecule has 1 saturated carbocycles. The molecule has 2 aliphatic rings. The maximum atomic E-state index is 8.66. The smallest absolute Gasteiger partial charge is 0.0431 e. The summed E-state index contributed by atoms with van der Waals surface area (Å²) in [7, 11) is 0. The highest BCUT2D eigenvalue weighted by Crippen LogP contribution is 2.45. The first-order chi connectivity index (χ1) is 7.35. The zero-order valence-electron chi connectivity index (χ0n) is 9.88. The quantitative estimate of drug-likeness (QED) is 0.682. The summed E-state index contributed by atoms with van der Waals surface area (Å²) < 4.78 is 0. The Morgan fingerprint density at radius 3 is 2.27 bits per heavy atom. The first-order valence-corrected chi connectivity index (χ1v) is 6.68. The van der Waals surface area contributed by atoms with Crippen LogP contribution in [-0.4, -0.2) is 36.2 Å². The van der Waals surface area contributed by atoms with Gasteiger partial charge in [0.2, 0.25) is 0 Å². The van der Waals surface area contributed by atoms with E-state index in [1.807, 2.05) is 0 Å². The third-order valence-electron chi connectivity index (χ3n) is 4.16. The molecule has 1 aliphatic heterocycles. The highest BCUT2D eigenvalue weighted by atomic mass is 16.2. The fraction of sp³-hybridized carbons (Fsp3) is 1.00. The van der Waals surface area contributed by atoms with Crippen molar-refractivity contribution in [2.75, 3.05) is 26.2 Å². The zero-order chi connectivity index (χ0) is 10.6. The summed E-state index contributed by atoms with van der Waals surface area (Å²) in [5.41, 5.74) is 0.769. The molecule has 2 fully saturated rings. The molecule has 0 aromatic heterocycles. The minimum atomic E-state index is 0.368. The van der Waals surface area contributed by atoms with Crippen LogP contribution in [0.2, 0.25) is 0 Å². The van der Waals surface area contributed by atoms with Crippen LogP contribution in [-0.2, 0) is 0 Å². The van der Waals surface area contributed by atoms with Crippen LogP contribution in [0.4, 0.5) is 0 Å². The predicted octanol–water partition coefficient (Wildman–Crippen LogP) is 2.42. The highest BCUT2D eigenvalue weighted by molar-refractivity contribution is 4.97. The lowest BCUT2D eigenvalue weighted by Gasteiger charge is -2.48. The molecule has 1 saturated heterocycles. The van der Waals surface area contributed by atoms with Crippen LogP contribution in [0.5, 0.6) is 0 Å². The first-order valence-electron chi connectivity index (χ1n) is 6.68. The molecule has 0 aromatic rings. The van der Waals surface area contributed by atoms with E-state index in [1.165, 1.54) is 64.6 Å². The second-order valence-corrected chi connectivity index (χ2v) is 5.56. The number of hydrogen-bond donors (Lipinski definition) is 1. The fourth-order valence-electron chi connectivity index (χ4n) is 3.30. The Morgan fingerprint density at radius 2 is 1.60 bits per heavy atom. The summed E-state index contributed by atoms with van der Waals surface area (Å²) >= 11 is 0. The summed E-state index contributed by atoms with van der Waals surface area (Å²) in [6.45, 7) is 4.43. The van der Waals surface area contributed by atoms with Crippen molar-refractivity contribution >= 4 is 0 Å². The standard InChI is InChI=1S/C13H25NO/c15-10-6-2-1-5-9-14-11-13(12-14)7-3-4-8-13/h15H,1-12H2. The van der Waals surface area contributed by atoms with Crippen molar-refractivity contribution in [3.05, 3.63) is 0 Å². The molecule has 1 aliphatic carbocycles. The van der Waals surface area contributed by atoms with Crippen molar-refractivity contribution in [3.8, 4) is 0 Å². The maximum absolute atomic E-state index is 8.66. The van der Waals surface area contributed by atoms with Crippen molar-refractivity contribution < 1.29 is 5.11 Å². The lowest BCUT2D eigenvalue weighted by molar-refractivity contribution is 0.00517. The molecule has 0 unspecified atom stereocenters. The third-order valence-corrected chi connectivity index (χ3v) is 4.16. The van der Waals surface area contributed by atoms with Crippen LogP contribution in [0, 0.1) is 5.41 Å². The van der Waals surface area contributed by atoms with Crippen LogP contribution < -0.4 is 0 Å². The Labute approximate surface area is 93.7 Å². The number of hydrogen-bond acceptors (Lipinski definition) is 2. The maximum Gasteiger partial charge on any atom is 0.0431 e. The Balaban J connectivity index is 1.49. The number of rotatable bonds is 6. The summed E-state index contributed by atoms with van der Waals surface area (Å²) in [6, 6.07) is 0. The van der Waals surface area contributed by atoms with Crippen LogP contribution in [0.25, 0.3) is 0 Å². The lowest BCUT2D eigenvalue weighted by Crippen LogP contribution is -2.54. The largest absolute Gasteiger partial charge is 0.396 e. The lowest BCUT2D eigenvalue weighted by atomic mass is 9.78. The van der Waals surface area contributed by atoms with Crippen LogP contribution in [0.3, 0.4) is 0 Å². The molecule has 0 bridgehead atoms. The second kappa shape index (κ2) is 5.31. The van der Waals surface area contributed by atoms with E-state index in [0.717, 1.165) is 11.8 Å². The molecule has 0 atom stereocenters. The van der Waals surface area contributed by atoms with Crippen molar-refractivity contribution in [3.63, 3.8) is 0 Å². The summed E-state index contributed by atoms with van der Waals surface area (Å²) in [6.07, 6.45) is 10.8. The Bertz CT molecular complexity index is 179. The van der Waals surface area contributed by atoms with Gasteiger partial charge in [-0.2, -0.15) is 0 Å². The number of aliphatic hydroxyl groups excluding tert-OH is 1. The molecular weight excluding hydrogens is 186 g/mol. The van der Waals surface area contributed by atoms with Gasteiger partial charge in [-0.3, -0.25) is 0 Å². The van der Waals surface area contributed by atoms with Crippen molar-refractivity contribution in [1.82, 2.24) is 4.90 Å². The van der Waals surface area contributed by atoms with Gasteiger partial charge in [0.05, 0.1) is 0 Å². The molecule has 1 N–H and O–H groups in total. The topological polar surface area (TPSA) is 23.5 Å². The number of likely N-dealkylation sites (tertiary alicyclic amines) is 1. The molecule has 0 amide bonds. The van der Waals surface area contributed by atoms with E-state index in [4.69, 9.17) is 5.11 Å². The van der Waals surface area contributed by atoms with Gasteiger partial charge in [0.15, 0.2) is 0 Å². The van der Waals surface area contributed by atoms with E-state index >= 15 is 0 Å². The molecule has 1 heterocycles. The van der Waals surface area contributed by atoms with E-state index < -0.39 is 0 Å². The molecule has 2 rings (SSSR count). The molecule has 0 aromatic carbocycles. The zero-order valence-corrected chi connectivity index (χ0v) is 9.88. The summed E-state index contributed by atoms with van der Waals surface area (Å²) in [4.78, 5) is 2.63. The van der Waals surface area contributed by atoms with Gasteiger partial charge in [-0.25, -0.2) is 0 Å². The van der Waals surface area contributed by atoms with Gasteiger partial charge < -0.3 is 10.0 Å². The Kier molecular flexibility index (Phi) is 4.04. The van der Waals surface area contributed by atoms with Gasteiger partial charge in [0, 0.05) is 19.7 Å². The second-order valence-electron chi connectivity index (χ2n) is 5.56. The summed E-state index contributed by atoms with van der Waals surface area (Å²) in [5.74, 6) is 0. The first kappa shape index (κ1) is 11.4. The Morgan fingerprint density at radius 1 is 0.933 bits per heavy atom. The van der Waals surface area contributed by atoms with E-state index in [-0.39, 0.29) is 0 Å². The number of aliphatic hydroxyl groups is 1. The predicted molar refractivity (Wildman–Crippen MR) is 62.9 cm³/mol. The highest BCUT2D eigenvalue weighted by Gasteiger charge is 2.43. The molecule has 1 spiro atoms. The van der Waals surface area contributed by atoms with E-state index in [0.29, 0.717) is 6.61 Å². The van der Waals surface area contributed by atoms with Gasteiger partial charge in [-0.15, -0.1) is 0 Å². The van der Waals surface area contributed by atoms with Crippen LogP contribution >= 0.6 is 0 Å². The van der Waals surface area contributed by atoms with Gasteiger partial charge in [-0.05, 0) is 37.6 Å². The average molecular weight is 211 g/mol. The molecule has 2 heteroatoms. The Hall–Kier alpha value is -0.0800. The van der Waals surface area contributed by atoms with Crippen molar-refractivity contribution in [2.45, 2.75) is 51.4 Å². The summed E-state index contributed by atoms with van der Waals surface area (Å²) in [5, 5.41) is 8.66. The van der Waals surface area contributed by atoms with E-state index in [1.54, 1.807) is 0 Å². The van der Waals surface area contributed by atoms with Gasteiger partial charge in [0.25, 0.3) is 0 Å². The number of nitrogens with zero attached hydrogens (tertiary/aromatic N) is 1. The van der Waals surface area contributed by atoms with Gasteiger partial charge >= 0.3 is 0 Å². The SMILES string of the molecule is OCCCCCCN1CC2(CCCC2)C1. The minimum Gasteiger partial charge on any atom is -0.396 e. The number of unbranched alkanes of at least 4 members (excludes halogenated alkanes) is 3. The van der Waals surface area contributed by atoms with Crippen LogP contribution in [0.1, 0.15) is 51.4 Å². The van der Waals surface area contributed by atoms with Crippen molar-refractivity contribution in [2.24, 2.45) is 5.41 Å². The van der Waals surface area contributed by atoms with E-state index in [2.05, 4.69) is 4.90 Å². The third kappa shape index (κ3) is 2.94. The molecule has 0 radical (unpaired) electrons. The monoisotopic (exact) mass is 211 g/mol. The molecular formula is C13H25NO. The van der Waals surface area contributed by atoms with Gasteiger partial charge in [0.1, 0.15) is 0 Å². The fourth-order valence-corrected chi connectivity index (χ4v) is 3.30.